The highest BCUT2D eigenvalue weighted by atomic mass is 16.6. The lowest BCUT2D eigenvalue weighted by atomic mass is 10.1. The maximum absolute atomic E-state index is 10.9. The van der Waals surface area contributed by atoms with Crippen molar-refractivity contribution in [1.29, 1.82) is 0 Å². The van der Waals surface area contributed by atoms with Crippen LogP contribution in [0, 0.1) is 10.1 Å². The van der Waals surface area contributed by atoms with Gasteiger partial charge < -0.3 is 15.8 Å². The van der Waals surface area contributed by atoms with Crippen molar-refractivity contribution in [2.45, 2.75) is 39.2 Å². The van der Waals surface area contributed by atoms with Gasteiger partial charge in [-0.3, -0.25) is 10.1 Å². The summed E-state index contributed by atoms with van der Waals surface area (Å²) >= 11 is 0. The summed E-state index contributed by atoms with van der Waals surface area (Å²) in [5.41, 5.74) is 6.42. The molecule has 0 aliphatic rings. The Bertz CT molecular complexity index is 438. The Kier molecular flexibility index (Phi) is 6.79. The minimum atomic E-state index is -0.419. The highest BCUT2D eigenvalue weighted by Crippen LogP contribution is 2.26. The van der Waals surface area contributed by atoms with Gasteiger partial charge in [0.05, 0.1) is 17.6 Å². The van der Waals surface area contributed by atoms with Crippen molar-refractivity contribution in [3.8, 4) is 5.75 Å². The zero-order chi connectivity index (χ0) is 15.0. The van der Waals surface area contributed by atoms with Crippen LogP contribution < -0.4 is 15.8 Å². The zero-order valence-electron chi connectivity index (χ0n) is 12.1. The van der Waals surface area contributed by atoms with Crippen LogP contribution in [-0.4, -0.2) is 24.1 Å². The molecule has 0 bridgehead atoms. The molecule has 0 saturated heterocycles. The Hall–Kier alpha value is -1.82. The number of nitrogens with one attached hydrogen (secondary N) is 1. The second-order valence-corrected chi connectivity index (χ2v) is 4.62. The van der Waals surface area contributed by atoms with Crippen LogP contribution in [0.3, 0.4) is 0 Å². The number of hydrogen-bond donors (Lipinski definition) is 2. The lowest BCUT2D eigenvalue weighted by Crippen LogP contribution is -2.28. The topological polar surface area (TPSA) is 90.4 Å². The molecule has 0 radical (unpaired) electrons. The minimum absolute atomic E-state index is 0.0183. The van der Waals surface area contributed by atoms with Crippen molar-refractivity contribution in [2.75, 3.05) is 18.5 Å². The van der Waals surface area contributed by atoms with Gasteiger partial charge in [0.1, 0.15) is 5.75 Å². The lowest BCUT2D eigenvalue weighted by Gasteiger charge is -2.18. The van der Waals surface area contributed by atoms with Gasteiger partial charge in [-0.05, 0) is 13.3 Å². The highest BCUT2D eigenvalue weighted by Gasteiger charge is 2.13. The second-order valence-electron chi connectivity index (χ2n) is 4.62. The molecule has 20 heavy (non-hydrogen) atoms. The molecule has 0 aliphatic heterocycles. The van der Waals surface area contributed by atoms with E-state index in [-0.39, 0.29) is 11.7 Å². The van der Waals surface area contributed by atoms with Crippen molar-refractivity contribution in [2.24, 2.45) is 5.73 Å². The normalized spacial score (nSPS) is 11.9. The van der Waals surface area contributed by atoms with Crippen LogP contribution in [0.25, 0.3) is 0 Å². The van der Waals surface area contributed by atoms with Gasteiger partial charge >= 0.3 is 0 Å². The average Bonchev–Trinajstić information content (AvgIpc) is 2.43. The minimum Gasteiger partial charge on any atom is -0.494 e. The fourth-order valence-corrected chi connectivity index (χ4v) is 1.96. The smallest absolute Gasteiger partial charge is 0.275 e. The first-order valence-corrected chi connectivity index (χ1v) is 6.99. The van der Waals surface area contributed by atoms with Gasteiger partial charge in [0.2, 0.25) is 0 Å². The number of benzene rings is 1. The molecule has 0 fully saturated rings. The van der Waals surface area contributed by atoms with Gasteiger partial charge in [-0.25, -0.2) is 0 Å². The molecule has 6 heteroatoms. The Morgan fingerprint density at radius 3 is 2.70 bits per heavy atom. The SMILES string of the molecule is CCCCC(CN)Nc1cc(OCC)cc([N+](=O)[O-])c1. The fraction of sp³-hybridized carbons (Fsp3) is 0.571. The molecule has 1 aromatic carbocycles. The third-order valence-corrected chi connectivity index (χ3v) is 2.97. The molecular formula is C14H23N3O3. The van der Waals surface area contributed by atoms with E-state index in [1.54, 1.807) is 6.07 Å². The van der Waals surface area contributed by atoms with Gasteiger partial charge in [-0.15, -0.1) is 0 Å². The third-order valence-electron chi connectivity index (χ3n) is 2.97. The number of unbranched alkanes of at least 4 members (excludes halogenated alkanes) is 1. The van der Waals surface area contributed by atoms with E-state index < -0.39 is 4.92 Å². The van der Waals surface area contributed by atoms with Crippen LogP contribution in [0.1, 0.15) is 33.1 Å². The van der Waals surface area contributed by atoms with Gasteiger partial charge in [0.25, 0.3) is 5.69 Å². The van der Waals surface area contributed by atoms with Crippen LogP contribution in [-0.2, 0) is 0 Å². The van der Waals surface area contributed by atoms with Crippen LogP contribution >= 0.6 is 0 Å². The summed E-state index contributed by atoms with van der Waals surface area (Å²) in [5.74, 6) is 0.496. The van der Waals surface area contributed by atoms with Crippen molar-refractivity contribution >= 4 is 11.4 Å². The zero-order valence-corrected chi connectivity index (χ0v) is 12.1. The van der Waals surface area contributed by atoms with E-state index in [0.717, 1.165) is 19.3 Å². The summed E-state index contributed by atoms with van der Waals surface area (Å²) < 4.78 is 5.36. The molecule has 1 aromatic rings. The second kappa shape index (κ2) is 8.37. The fourth-order valence-electron chi connectivity index (χ4n) is 1.96. The van der Waals surface area contributed by atoms with Crippen LogP contribution in [0.5, 0.6) is 5.75 Å². The lowest BCUT2D eigenvalue weighted by molar-refractivity contribution is -0.384. The maximum Gasteiger partial charge on any atom is 0.275 e. The molecule has 0 aromatic heterocycles. The number of nitrogens with zero attached hydrogens (tertiary/aromatic N) is 1. The number of ether oxygens (including phenoxy) is 1. The molecule has 0 heterocycles. The van der Waals surface area contributed by atoms with Crippen LogP contribution in [0.2, 0.25) is 0 Å². The predicted octanol–water partition coefficient (Wildman–Crippen LogP) is 2.92. The molecule has 1 atom stereocenters. The van der Waals surface area contributed by atoms with E-state index in [4.69, 9.17) is 10.5 Å². The molecule has 0 saturated carbocycles. The standard InChI is InChI=1S/C14H23N3O3/c1-3-5-6-11(10-15)16-12-7-13(17(18)19)9-14(8-12)20-4-2/h7-9,11,16H,3-6,10,15H2,1-2H3. The van der Waals surface area contributed by atoms with E-state index in [9.17, 15) is 10.1 Å². The summed E-state index contributed by atoms with van der Waals surface area (Å²) in [6, 6.07) is 4.83. The number of nitro groups is 1. The van der Waals surface area contributed by atoms with Gasteiger partial charge in [0, 0.05) is 30.4 Å². The molecule has 112 valence electrons. The monoisotopic (exact) mass is 281 g/mol. The van der Waals surface area contributed by atoms with E-state index >= 15 is 0 Å². The Morgan fingerprint density at radius 1 is 1.40 bits per heavy atom. The highest BCUT2D eigenvalue weighted by molar-refractivity contribution is 5.56. The van der Waals surface area contributed by atoms with Crippen LogP contribution in [0.15, 0.2) is 18.2 Å². The van der Waals surface area contributed by atoms with Gasteiger partial charge in [0.15, 0.2) is 0 Å². The predicted molar refractivity (Wildman–Crippen MR) is 80.3 cm³/mol. The van der Waals surface area contributed by atoms with Crippen molar-refractivity contribution in [3.05, 3.63) is 28.3 Å². The molecule has 1 unspecified atom stereocenters. The third kappa shape index (κ3) is 5.05. The van der Waals surface area contributed by atoms with Crippen molar-refractivity contribution < 1.29 is 9.66 Å². The molecule has 1 rings (SSSR count). The Balaban J connectivity index is 2.88. The van der Waals surface area contributed by atoms with E-state index in [1.807, 2.05) is 6.92 Å². The summed E-state index contributed by atoms with van der Waals surface area (Å²) in [7, 11) is 0. The average molecular weight is 281 g/mol. The first kappa shape index (κ1) is 16.2. The first-order chi connectivity index (χ1) is 9.60. The molecule has 0 aliphatic carbocycles. The molecule has 0 spiro atoms. The van der Waals surface area contributed by atoms with Crippen molar-refractivity contribution in [1.82, 2.24) is 0 Å². The van der Waals surface area contributed by atoms with E-state index in [0.29, 0.717) is 24.6 Å². The summed E-state index contributed by atoms with van der Waals surface area (Å²) in [6.45, 7) is 4.92. The number of anilines is 1. The van der Waals surface area contributed by atoms with E-state index in [2.05, 4.69) is 12.2 Å². The number of nitrogens with two attached hydrogens (primary N) is 1. The summed E-state index contributed by atoms with van der Waals surface area (Å²) in [4.78, 5) is 10.5. The number of rotatable bonds is 9. The molecule has 3 N–H and O–H groups in total. The number of non-ortho nitro benzene ring substituents is 1. The Morgan fingerprint density at radius 2 is 2.15 bits per heavy atom. The number of nitro benzene ring substituents is 1. The largest absolute Gasteiger partial charge is 0.494 e. The molecule has 0 amide bonds. The van der Waals surface area contributed by atoms with Gasteiger partial charge in [-0.1, -0.05) is 19.8 Å². The van der Waals surface area contributed by atoms with Crippen LogP contribution in [0.4, 0.5) is 11.4 Å². The van der Waals surface area contributed by atoms with Crippen molar-refractivity contribution in [3.63, 3.8) is 0 Å². The summed E-state index contributed by atoms with van der Waals surface area (Å²) in [6.07, 6.45) is 3.11. The first-order valence-electron chi connectivity index (χ1n) is 6.99. The maximum atomic E-state index is 10.9. The van der Waals surface area contributed by atoms with Gasteiger partial charge in [-0.2, -0.15) is 0 Å². The Labute approximate surface area is 119 Å². The summed E-state index contributed by atoms with van der Waals surface area (Å²) in [5, 5.41) is 14.2. The quantitative estimate of drug-likeness (QED) is 0.536. The molecule has 6 nitrogen and oxygen atoms in total. The number of hydrogen-bond acceptors (Lipinski definition) is 5. The molecular weight excluding hydrogens is 258 g/mol. The van der Waals surface area contributed by atoms with E-state index in [1.165, 1.54) is 12.1 Å².